The van der Waals surface area contributed by atoms with E-state index >= 15 is 0 Å². The molecule has 3 nitrogen and oxygen atoms in total. The fourth-order valence-corrected chi connectivity index (χ4v) is 2.71. The van der Waals surface area contributed by atoms with Crippen LogP contribution in [0, 0.1) is 5.92 Å². The Kier molecular flexibility index (Phi) is 5.36. The van der Waals surface area contributed by atoms with Gasteiger partial charge in [-0.1, -0.05) is 30.3 Å². The number of rotatable bonds is 4. The lowest BCUT2D eigenvalue weighted by Gasteiger charge is -2.27. The van der Waals surface area contributed by atoms with Crippen LogP contribution in [0.3, 0.4) is 0 Å². The molecular weight excluding hydrogens is 250 g/mol. The summed E-state index contributed by atoms with van der Waals surface area (Å²) in [7, 11) is 0. The summed E-state index contributed by atoms with van der Waals surface area (Å²) in [5, 5.41) is 12.2. The summed E-state index contributed by atoms with van der Waals surface area (Å²) in [6.07, 6.45) is 5.61. The van der Waals surface area contributed by atoms with E-state index in [-0.39, 0.29) is 18.6 Å². The molecule has 1 amide bonds. The summed E-state index contributed by atoms with van der Waals surface area (Å²) < 4.78 is 0. The van der Waals surface area contributed by atoms with Crippen molar-refractivity contribution in [1.82, 2.24) is 5.32 Å². The minimum atomic E-state index is -0.0150. The standard InChI is InChI=1S/C17H23NO2/c1-13(15-5-3-2-4-6-15)11-17(20)18-16-9-7-14(12-19)8-10-16/h2-6,11,14,16,19H,7-10,12H2,1H3,(H,18,20)/b13-11-. The molecule has 0 radical (unpaired) electrons. The zero-order valence-electron chi connectivity index (χ0n) is 12.0. The second kappa shape index (κ2) is 7.25. The van der Waals surface area contributed by atoms with E-state index < -0.39 is 0 Å². The molecule has 1 saturated carbocycles. The van der Waals surface area contributed by atoms with Crippen molar-refractivity contribution in [2.75, 3.05) is 6.61 Å². The zero-order valence-corrected chi connectivity index (χ0v) is 12.0. The van der Waals surface area contributed by atoms with Crippen molar-refractivity contribution in [2.24, 2.45) is 5.92 Å². The Bertz CT molecular complexity index is 459. The first-order valence-corrected chi connectivity index (χ1v) is 7.34. The molecule has 0 saturated heterocycles. The number of aliphatic hydroxyl groups is 1. The maximum Gasteiger partial charge on any atom is 0.244 e. The first-order chi connectivity index (χ1) is 9.69. The van der Waals surface area contributed by atoms with Gasteiger partial charge in [0.15, 0.2) is 0 Å². The van der Waals surface area contributed by atoms with E-state index in [0.717, 1.165) is 36.8 Å². The highest BCUT2D eigenvalue weighted by molar-refractivity contribution is 5.94. The Balaban J connectivity index is 1.86. The molecule has 1 aromatic rings. The molecule has 1 fully saturated rings. The summed E-state index contributed by atoms with van der Waals surface area (Å²) in [4.78, 5) is 12.0. The van der Waals surface area contributed by atoms with Gasteiger partial charge in [0, 0.05) is 18.7 Å². The van der Waals surface area contributed by atoms with Crippen LogP contribution in [0.2, 0.25) is 0 Å². The molecular formula is C17H23NO2. The van der Waals surface area contributed by atoms with Gasteiger partial charge in [0.1, 0.15) is 0 Å². The van der Waals surface area contributed by atoms with Crippen LogP contribution in [0.1, 0.15) is 38.2 Å². The van der Waals surface area contributed by atoms with Crippen molar-refractivity contribution in [3.8, 4) is 0 Å². The molecule has 0 bridgehead atoms. The third-order valence-corrected chi connectivity index (χ3v) is 4.03. The van der Waals surface area contributed by atoms with E-state index in [1.165, 1.54) is 0 Å². The highest BCUT2D eigenvalue weighted by atomic mass is 16.3. The number of nitrogens with one attached hydrogen (secondary N) is 1. The number of hydrogen-bond donors (Lipinski definition) is 2. The lowest BCUT2D eigenvalue weighted by atomic mass is 9.86. The number of hydrogen-bond acceptors (Lipinski definition) is 2. The zero-order chi connectivity index (χ0) is 14.4. The average molecular weight is 273 g/mol. The minimum Gasteiger partial charge on any atom is -0.396 e. The largest absolute Gasteiger partial charge is 0.396 e. The van der Waals surface area contributed by atoms with Crippen molar-refractivity contribution in [3.63, 3.8) is 0 Å². The van der Waals surface area contributed by atoms with Crippen LogP contribution < -0.4 is 5.32 Å². The summed E-state index contributed by atoms with van der Waals surface area (Å²) in [5.74, 6) is 0.406. The van der Waals surface area contributed by atoms with E-state index in [1.807, 2.05) is 37.3 Å². The molecule has 0 heterocycles. The Morgan fingerprint density at radius 3 is 2.50 bits per heavy atom. The fourth-order valence-electron chi connectivity index (χ4n) is 2.71. The molecule has 1 aliphatic carbocycles. The molecule has 108 valence electrons. The Hall–Kier alpha value is -1.61. The average Bonchev–Trinajstić information content (AvgIpc) is 2.49. The van der Waals surface area contributed by atoms with Gasteiger partial charge in [-0.05, 0) is 49.7 Å². The van der Waals surface area contributed by atoms with Crippen molar-refractivity contribution in [3.05, 3.63) is 42.0 Å². The normalized spacial score (nSPS) is 23.4. The van der Waals surface area contributed by atoms with Crippen LogP contribution in [0.4, 0.5) is 0 Å². The predicted molar refractivity (Wildman–Crippen MR) is 81.1 cm³/mol. The van der Waals surface area contributed by atoms with Gasteiger partial charge in [0.2, 0.25) is 5.91 Å². The molecule has 0 atom stereocenters. The maximum atomic E-state index is 12.0. The van der Waals surface area contributed by atoms with Gasteiger partial charge in [-0.2, -0.15) is 0 Å². The van der Waals surface area contributed by atoms with Crippen molar-refractivity contribution in [1.29, 1.82) is 0 Å². The first-order valence-electron chi connectivity index (χ1n) is 7.34. The molecule has 0 unspecified atom stereocenters. The molecule has 0 aromatic heterocycles. The number of amides is 1. The van der Waals surface area contributed by atoms with Gasteiger partial charge in [-0.25, -0.2) is 0 Å². The summed E-state index contributed by atoms with van der Waals surface area (Å²) in [6, 6.07) is 10.2. The van der Waals surface area contributed by atoms with E-state index in [9.17, 15) is 4.79 Å². The van der Waals surface area contributed by atoms with Gasteiger partial charge in [0.25, 0.3) is 0 Å². The fraction of sp³-hybridized carbons (Fsp3) is 0.471. The Labute approximate surface area is 120 Å². The SMILES string of the molecule is C/C(=C/C(=O)NC1CCC(CO)CC1)c1ccccc1. The molecule has 0 aliphatic heterocycles. The molecule has 20 heavy (non-hydrogen) atoms. The highest BCUT2D eigenvalue weighted by Gasteiger charge is 2.21. The quantitative estimate of drug-likeness (QED) is 0.829. The first kappa shape index (κ1) is 14.8. The minimum absolute atomic E-state index is 0.0150. The lowest BCUT2D eigenvalue weighted by Crippen LogP contribution is -2.37. The predicted octanol–water partition coefficient (Wildman–Crippen LogP) is 2.76. The summed E-state index contributed by atoms with van der Waals surface area (Å²) >= 11 is 0. The second-order valence-corrected chi connectivity index (χ2v) is 5.60. The third kappa shape index (κ3) is 4.20. The van der Waals surface area contributed by atoms with Gasteiger partial charge < -0.3 is 10.4 Å². The lowest BCUT2D eigenvalue weighted by molar-refractivity contribution is -0.117. The highest BCUT2D eigenvalue weighted by Crippen LogP contribution is 2.23. The topological polar surface area (TPSA) is 49.3 Å². The molecule has 1 aliphatic rings. The van der Waals surface area contributed by atoms with Crippen molar-refractivity contribution in [2.45, 2.75) is 38.6 Å². The number of carbonyl (C=O) groups excluding carboxylic acids is 1. The number of carbonyl (C=O) groups is 1. The smallest absolute Gasteiger partial charge is 0.244 e. The second-order valence-electron chi connectivity index (χ2n) is 5.60. The van der Waals surface area contributed by atoms with Crippen LogP contribution in [0.15, 0.2) is 36.4 Å². The van der Waals surface area contributed by atoms with Crippen LogP contribution in [0.25, 0.3) is 5.57 Å². The molecule has 2 rings (SSSR count). The van der Waals surface area contributed by atoms with E-state index in [0.29, 0.717) is 5.92 Å². The molecule has 0 spiro atoms. The van der Waals surface area contributed by atoms with Crippen molar-refractivity contribution < 1.29 is 9.90 Å². The molecule has 1 aromatic carbocycles. The van der Waals surface area contributed by atoms with Gasteiger partial charge in [-0.15, -0.1) is 0 Å². The van der Waals surface area contributed by atoms with Gasteiger partial charge in [0.05, 0.1) is 0 Å². The van der Waals surface area contributed by atoms with Crippen LogP contribution in [0.5, 0.6) is 0 Å². The van der Waals surface area contributed by atoms with E-state index in [2.05, 4.69) is 5.32 Å². The Morgan fingerprint density at radius 2 is 1.90 bits per heavy atom. The third-order valence-electron chi connectivity index (χ3n) is 4.03. The van der Waals surface area contributed by atoms with E-state index in [1.54, 1.807) is 6.08 Å². The maximum absolute atomic E-state index is 12.0. The molecule has 2 N–H and O–H groups in total. The van der Waals surface area contributed by atoms with E-state index in [4.69, 9.17) is 5.11 Å². The summed E-state index contributed by atoms with van der Waals surface area (Å²) in [6.45, 7) is 2.23. The van der Waals surface area contributed by atoms with Crippen molar-refractivity contribution >= 4 is 11.5 Å². The number of aliphatic hydroxyl groups excluding tert-OH is 1. The summed E-state index contributed by atoms with van der Waals surface area (Å²) in [5.41, 5.74) is 2.05. The van der Waals surface area contributed by atoms with Gasteiger partial charge in [-0.3, -0.25) is 4.79 Å². The van der Waals surface area contributed by atoms with Crippen LogP contribution in [-0.2, 0) is 4.79 Å². The van der Waals surface area contributed by atoms with Gasteiger partial charge >= 0.3 is 0 Å². The van der Waals surface area contributed by atoms with Crippen LogP contribution >= 0.6 is 0 Å². The number of benzene rings is 1. The number of allylic oxidation sites excluding steroid dienone is 1. The molecule has 3 heteroatoms. The Morgan fingerprint density at radius 1 is 1.25 bits per heavy atom. The van der Waals surface area contributed by atoms with Crippen LogP contribution in [-0.4, -0.2) is 23.7 Å². The monoisotopic (exact) mass is 273 g/mol.